The fourth-order valence-electron chi connectivity index (χ4n) is 7.74. The monoisotopic (exact) mass is 886 g/mol. The minimum absolute atomic E-state index is 0.000396. The zero-order chi connectivity index (χ0) is 44.4. The quantitative estimate of drug-likeness (QED) is 0.0528. The van der Waals surface area contributed by atoms with Crippen LogP contribution < -0.4 is 9.80 Å². The average molecular weight is 887 g/mol. The van der Waals surface area contributed by atoms with E-state index in [0.717, 1.165) is 44.2 Å². The van der Waals surface area contributed by atoms with Crippen LogP contribution in [-0.4, -0.2) is 51.5 Å². The highest BCUT2D eigenvalue weighted by molar-refractivity contribution is 7.86. The molecule has 0 heterocycles. The van der Waals surface area contributed by atoms with Gasteiger partial charge in [-0.3, -0.25) is 23.5 Å². The summed E-state index contributed by atoms with van der Waals surface area (Å²) in [6.45, 7) is 7.45. The van der Waals surface area contributed by atoms with Crippen molar-refractivity contribution in [1.82, 2.24) is 0 Å². The van der Waals surface area contributed by atoms with E-state index in [1.165, 1.54) is 82.3 Å². The number of anilines is 4. The maximum absolute atomic E-state index is 14.9. The Kier molecular flexibility index (Phi) is 11.9. The lowest BCUT2D eigenvalue weighted by Gasteiger charge is -2.32. The summed E-state index contributed by atoms with van der Waals surface area (Å²) in [6.07, 6.45) is -10.3. The highest BCUT2D eigenvalue weighted by Gasteiger charge is 2.43. The molecule has 316 valence electrons. The van der Waals surface area contributed by atoms with Gasteiger partial charge in [0.2, 0.25) is 0 Å². The third kappa shape index (κ3) is 8.97. The lowest BCUT2D eigenvalue weighted by Crippen LogP contribution is -2.35. The minimum atomic E-state index is -5.17. The summed E-state index contributed by atoms with van der Waals surface area (Å²) in [4.78, 5) is -2.24. The van der Waals surface area contributed by atoms with Gasteiger partial charge in [0.05, 0.1) is 16.3 Å². The molecule has 0 spiro atoms. The second kappa shape index (κ2) is 15.6. The molecule has 0 fully saturated rings. The van der Waals surface area contributed by atoms with Crippen molar-refractivity contribution < 1.29 is 65.3 Å². The SMILES string of the molecule is Cc1cc(C)c(S(=O)(=O)O)c(C)c1N(c1ccc(C(c2ccc(N(c3c(C)cc(C)c(S(=O)(=O)O)c3C)C(F)(F)F)cc2)c2ccccc2S(=O)(=O)O)cc1)C(F)(F)F. The molecule has 0 atom stereocenters. The number of alkyl halides is 6. The lowest BCUT2D eigenvalue weighted by atomic mass is 9.85. The number of hydrogen-bond acceptors (Lipinski definition) is 8. The fraction of sp³-hybridized carbons (Fsp3) is 0.231. The first-order valence-electron chi connectivity index (χ1n) is 17.1. The molecule has 0 aliphatic carbocycles. The molecular weight excluding hydrogens is 851 g/mol. The van der Waals surface area contributed by atoms with E-state index in [1.807, 2.05) is 0 Å². The van der Waals surface area contributed by atoms with Gasteiger partial charge >= 0.3 is 12.6 Å². The molecule has 0 amide bonds. The van der Waals surface area contributed by atoms with E-state index in [9.17, 15) is 65.3 Å². The van der Waals surface area contributed by atoms with Crippen molar-refractivity contribution in [2.45, 2.75) is 74.7 Å². The molecule has 3 N–H and O–H groups in total. The third-order valence-electron chi connectivity index (χ3n) is 9.67. The maximum Gasteiger partial charge on any atom is 0.489 e. The van der Waals surface area contributed by atoms with Crippen molar-refractivity contribution in [3.63, 3.8) is 0 Å². The first-order chi connectivity index (χ1) is 27.0. The van der Waals surface area contributed by atoms with E-state index >= 15 is 0 Å². The van der Waals surface area contributed by atoms with Crippen molar-refractivity contribution in [1.29, 1.82) is 0 Å². The minimum Gasteiger partial charge on any atom is -0.282 e. The molecule has 0 aromatic heterocycles. The molecule has 0 saturated carbocycles. The van der Waals surface area contributed by atoms with E-state index < -0.39 is 97.4 Å². The Hall–Kier alpha value is -4.99. The van der Waals surface area contributed by atoms with Gasteiger partial charge in [-0.1, -0.05) is 54.6 Å². The van der Waals surface area contributed by atoms with Gasteiger partial charge in [0.15, 0.2) is 0 Å². The molecule has 0 radical (unpaired) electrons. The molecule has 0 unspecified atom stereocenters. The first kappa shape index (κ1) is 45.1. The van der Waals surface area contributed by atoms with Crippen LogP contribution in [0.15, 0.2) is 99.6 Å². The van der Waals surface area contributed by atoms with Gasteiger partial charge in [0.25, 0.3) is 30.4 Å². The van der Waals surface area contributed by atoms with Crippen LogP contribution in [0, 0.1) is 41.5 Å². The predicted molar refractivity (Wildman–Crippen MR) is 207 cm³/mol. The highest BCUT2D eigenvalue weighted by Crippen LogP contribution is 2.46. The molecule has 0 saturated heterocycles. The second-order valence-corrected chi connectivity index (χ2v) is 17.9. The van der Waals surface area contributed by atoms with Crippen molar-refractivity contribution in [2.24, 2.45) is 0 Å². The zero-order valence-electron chi connectivity index (χ0n) is 31.8. The molecule has 5 aromatic rings. The summed E-state index contributed by atoms with van der Waals surface area (Å²) in [7, 11) is -14.9. The average Bonchev–Trinajstić information content (AvgIpc) is 3.06. The number of benzene rings is 5. The van der Waals surface area contributed by atoms with Gasteiger partial charge in [-0.2, -0.15) is 25.3 Å². The Morgan fingerprint density at radius 1 is 0.492 bits per heavy atom. The topological polar surface area (TPSA) is 170 Å². The number of nitrogens with zero attached hydrogens (tertiary/aromatic N) is 2. The normalized spacial score (nSPS) is 12.9. The Morgan fingerprint density at radius 3 is 1.14 bits per heavy atom. The van der Waals surface area contributed by atoms with E-state index in [4.69, 9.17) is 0 Å². The Labute approximate surface area is 336 Å². The maximum atomic E-state index is 14.9. The summed E-state index contributed by atoms with van der Waals surface area (Å²) >= 11 is 0. The summed E-state index contributed by atoms with van der Waals surface area (Å²) < 4.78 is 193. The van der Waals surface area contributed by atoms with Crippen molar-refractivity contribution >= 4 is 53.1 Å². The molecule has 20 heteroatoms. The van der Waals surface area contributed by atoms with Crippen molar-refractivity contribution in [2.75, 3.05) is 9.80 Å². The molecule has 0 aliphatic heterocycles. The van der Waals surface area contributed by atoms with Gasteiger partial charge in [-0.15, -0.1) is 26.3 Å². The van der Waals surface area contributed by atoms with E-state index in [-0.39, 0.29) is 48.7 Å². The standard InChI is InChI=1S/C39H36F6N2O9S3/c1-21-19-23(3)36(58(51,52)53)25(5)34(21)46(38(40,41)42)29-15-11-27(12-16-29)33(31-9-7-8-10-32(31)57(48,49)50)28-13-17-30(18-14-28)47(39(43,44)45)35-22(2)20-24(4)37(26(35)6)59(54,55)56/h7-20,33H,1-6H3,(H,48,49,50)(H,51,52,53)(H,54,55,56). The van der Waals surface area contributed by atoms with Crippen LogP contribution in [0.4, 0.5) is 49.1 Å². The molecular formula is C39H36F6N2O9S3. The van der Waals surface area contributed by atoms with E-state index in [2.05, 4.69) is 0 Å². The summed E-state index contributed by atoms with van der Waals surface area (Å²) in [6, 6.07) is 16.2. The smallest absolute Gasteiger partial charge is 0.282 e. The number of hydrogen-bond donors (Lipinski definition) is 3. The van der Waals surface area contributed by atoms with Crippen LogP contribution in [0.25, 0.3) is 0 Å². The molecule has 5 rings (SSSR count). The second-order valence-electron chi connectivity index (χ2n) is 13.8. The van der Waals surface area contributed by atoms with E-state index in [1.54, 1.807) is 0 Å². The number of rotatable bonds is 10. The third-order valence-corrected chi connectivity index (χ3v) is 12.9. The van der Waals surface area contributed by atoms with Gasteiger partial charge < -0.3 is 0 Å². The van der Waals surface area contributed by atoms with Crippen molar-refractivity contribution in [3.05, 3.63) is 135 Å². The Balaban J connectivity index is 1.72. The van der Waals surface area contributed by atoms with Gasteiger partial charge in [0.1, 0.15) is 9.79 Å². The van der Waals surface area contributed by atoms with Crippen molar-refractivity contribution in [3.8, 4) is 0 Å². The number of aryl methyl sites for hydroxylation is 4. The lowest BCUT2D eigenvalue weighted by molar-refractivity contribution is -0.121. The molecule has 5 aromatic carbocycles. The van der Waals surface area contributed by atoms with Crippen LogP contribution in [-0.2, 0) is 30.4 Å². The Morgan fingerprint density at radius 2 is 0.831 bits per heavy atom. The predicted octanol–water partition coefficient (Wildman–Crippen LogP) is 9.77. The van der Waals surface area contributed by atoms with Gasteiger partial charge in [0, 0.05) is 17.3 Å². The fourth-order valence-corrected chi connectivity index (χ4v) is 10.4. The van der Waals surface area contributed by atoms with Gasteiger partial charge in [-0.25, -0.2) is 0 Å². The van der Waals surface area contributed by atoms with Crippen LogP contribution >= 0.6 is 0 Å². The van der Waals surface area contributed by atoms with Gasteiger partial charge in [-0.05, 0) is 122 Å². The van der Waals surface area contributed by atoms with Crippen LogP contribution in [0.5, 0.6) is 0 Å². The molecule has 0 aliphatic rings. The van der Waals surface area contributed by atoms with Crippen LogP contribution in [0.3, 0.4) is 0 Å². The highest BCUT2D eigenvalue weighted by atomic mass is 32.2. The summed E-state index contributed by atoms with van der Waals surface area (Å²) in [5.74, 6) is -1.27. The Bertz CT molecular complexity index is 2640. The summed E-state index contributed by atoms with van der Waals surface area (Å²) in [5, 5.41) is 0. The molecule has 11 nitrogen and oxygen atoms in total. The van der Waals surface area contributed by atoms with E-state index in [0.29, 0.717) is 0 Å². The van der Waals surface area contributed by atoms with Crippen LogP contribution in [0.2, 0.25) is 0 Å². The largest absolute Gasteiger partial charge is 0.489 e. The van der Waals surface area contributed by atoms with Crippen LogP contribution in [0.1, 0.15) is 56.0 Å². The zero-order valence-corrected chi connectivity index (χ0v) is 34.3. The number of halogens is 6. The molecule has 0 bridgehead atoms. The summed E-state index contributed by atoms with van der Waals surface area (Å²) in [5.41, 5.74) is -2.95. The molecule has 59 heavy (non-hydrogen) atoms. The first-order valence-corrected chi connectivity index (χ1v) is 21.4.